The molecule has 0 heterocycles. The lowest BCUT2D eigenvalue weighted by molar-refractivity contribution is 0.300. The van der Waals surface area contributed by atoms with Crippen molar-refractivity contribution in [1.29, 1.82) is 0 Å². The summed E-state index contributed by atoms with van der Waals surface area (Å²) < 4.78 is 11.9. The first-order valence-corrected chi connectivity index (χ1v) is 13.8. The van der Waals surface area contributed by atoms with Crippen molar-refractivity contribution in [2.75, 3.05) is 13.2 Å². The highest BCUT2D eigenvalue weighted by atomic mass is 16.5. The zero-order valence-corrected chi connectivity index (χ0v) is 22.2. The van der Waals surface area contributed by atoms with E-state index in [0.717, 1.165) is 59.4 Å². The lowest BCUT2D eigenvalue weighted by atomic mass is 9.69. The maximum absolute atomic E-state index is 11.5. The van der Waals surface area contributed by atoms with Gasteiger partial charge in [-0.3, -0.25) is 0 Å². The van der Waals surface area contributed by atoms with Crippen molar-refractivity contribution in [3.63, 3.8) is 0 Å². The molecule has 2 aliphatic rings. The molecular formula is C31H44O4. The summed E-state index contributed by atoms with van der Waals surface area (Å²) in [7, 11) is 0. The van der Waals surface area contributed by atoms with E-state index < -0.39 is 0 Å². The molecule has 4 rings (SSSR count). The smallest absolute Gasteiger partial charge is 0.123 e. The van der Waals surface area contributed by atoms with Gasteiger partial charge in [-0.2, -0.15) is 0 Å². The number of benzene rings is 2. The fourth-order valence-electron chi connectivity index (χ4n) is 6.43. The summed E-state index contributed by atoms with van der Waals surface area (Å²) in [5.74, 6) is 2.29. The monoisotopic (exact) mass is 480 g/mol. The van der Waals surface area contributed by atoms with Crippen molar-refractivity contribution < 1.29 is 19.7 Å². The molecule has 4 nitrogen and oxygen atoms in total. The number of hydrogen-bond donors (Lipinski definition) is 2. The van der Waals surface area contributed by atoms with Gasteiger partial charge in [0.05, 0.1) is 13.2 Å². The lowest BCUT2D eigenvalue weighted by Gasteiger charge is -2.36. The molecule has 0 unspecified atom stereocenters. The highest BCUT2D eigenvalue weighted by Crippen LogP contribution is 2.48. The molecule has 0 radical (unpaired) electrons. The van der Waals surface area contributed by atoms with Crippen LogP contribution in [0.2, 0.25) is 0 Å². The van der Waals surface area contributed by atoms with Crippen LogP contribution in [0.15, 0.2) is 24.3 Å². The van der Waals surface area contributed by atoms with E-state index in [2.05, 4.69) is 13.8 Å². The molecule has 0 aromatic heterocycles. The molecule has 0 spiro atoms. The van der Waals surface area contributed by atoms with Gasteiger partial charge >= 0.3 is 0 Å². The Balaban J connectivity index is 1.79. The van der Waals surface area contributed by atoms with E-state index in [1.54, 1.807) is 0 Å². The molecule has 2 fully saturated rings. The first-order chi connectivity index (χ1) is 16.8. The van der Waals surface area contributed by atoms with Crippen molar-refractivity contribution in [1.82, 2.24) is 0 Å². The molecule has 4 heteroatoms. The Morgan fingerprint density at radius 2 is 1.00 bits per heavy atom. The van der Waals surface area contributed by atoms with Crippen LogP contribution >= 0.6 is 0 Å². The summed E-state index contributed by atoms with van der Waals surface area (Å²) in [5.41, 5.74) is 3.47. The van der Waals surface area contributed by atoms with Gasteiger partial charge in [0.2, 0.25) is 0 Å². The van der Waals surface area contributed by atoms with Gasteiger partial charge in [-0.15, -0.1) is 0 Å². The number of hydrogen-bond acceptors (Lipinski definition) is 4. The topological polar surface area (TPSA) is 58.9 Å². The normalized spacial score (nSPS) is 19.3. The van der Waals surface area contributed by atoms with Crippen LogP contribution in [0.4, 0.5) is 0 Å². The van der Waals surface area contributed by atoms with E-state index in [-0.39, 0.29) is 10.8 Å². The first kappa shape index (κ1) is 25.7. The van der Waals surface area contributed by atoms with Crippen molar-refractivity contribution >= 4 is 0 Å². The van der Waals surface area contributed by atoms with Crippen LogP contribution in [0.25, 0.3) is 0 Å². The molecule has 2 aromatic carbocycles. The zero-order chi connectivity index (χ0) is 25.1. The van der Waals surface area contributed by atoms with Crippen LogP contribution in [0.1, 0.15) is 114 Å². The summed E-state index contributed by atoms with van der Waals surface area (Å²) in [6.45, 7) is 9.68. The maximum atomic E-state index is 11.5. The van der Waals surface area contributed by atoms with Crippen LogP contribution in [0, 0.1) is 0 Å². The molecule has 0 amide bonds. The number of phenolic OH excluding ortho intramolecular Hbond substituents is 2. The van der Waals surface area contributed by atoms with Gasteiger partial charge in [-0.1, -0.05) is 52.4 Å². The highest BCUT2D eigenvalue weighted by Gasteiger charge is 2.34. The third kappa shape index (κ3) is 5.42. The maximum Gasteiger partial charge on any atom is 0.123 e. The number of rotatable bonds is 8. The van der Waals surface area contributed by atoms with Gasteiger partial charge in [0, 0.05) is 28.7 Å². The molecule has 0 bridgehead atoms. The molecular weight excluding hydrogens is 436 g/mol. The predicted molar refractivity (Wildman–Crippen MR) is 142 cm³/mol. The summed E-state index contributed by atoms with van der Waals surface area (Å²) in [5, 5.41) is 23.0. The van der Waals surface area contributed by atoms with E-state index >= 15 is 0 Å². The second-order valence-electron chi connectivity index (χ2n) is 11.2. The van der Waals surface area contributed by atoms with Crippen LogP contribution < -0.4 is 9.47 Å². The fraction of sp³-hybridized carbons (Fsp3) is 0.613. The second kappa shape index (κ2) is 10.7. The first-order valence-electron chi connectivity index (χ1n) is 13.8. The molecule has 0 saturated heterocycles. The Morgan fingerprint density at radius 3 is 1.34 bits per heavy atom. The van der Waals surface area contributed by atoms with Gasteiger partial charge in [0.1, 0.15) is 23.0 Å². The minimum atomic E-state index is -0.0554. The Kier molecular flexibility index (Phi) is 7.88. The molecule has 2 aromatic rings. The minimum Gasteiger partial charge on any atom is -0.507 e. The van der Waals surface area contributed by atoms with E-state index in [1.807, 2.05) is 38.1 Å². The zero-order valence-electron chi connectivity index (χ0n) is 22.2. The Labute approximate surface area is 211 Å². The Bertz CT molecular complexity index is 932. The van der Waals surface area contributed by atoms with E-state index in [0.29, 0.717) is 31.1 Å². The Hall–Kier alpha value is -2.36. The third-order valence-corrected chi connectivity index (χ3v) is 8.54. The molecule has 35 heavy (non-hydrogen) atoms. The SMILES string of the molecule is CCOc1cc(Cc2cc(OCC)cc(C3(C)CCCCC3)c2O)c(O)c(C2(C)CCCCC2)c1. The molecule has 2 aliphatic carbocycles. The van der Waals surface area contributed by atoms with Crippen molar-refractivity contribution in [3.05, 3.63) is 46.5 Å². The molecule has 192 valence electrons. The van der Waals surface area contributed by atoms with Gasteiger partial charge in [-0.05, 0) is 74.6 Å². The van der Waals surface area contributed by atoms with E-state index in [4.69, 9.17) is 9.47 Å². The Morgan fingerprint density at radius 1 is 0.629 bits per heavy atom. The van der Waals surface area contributed by atoms with E-state index in [9.17, 15) is 10.2 Å². The molecule has 0 atom stereocenters. The van der Waals surface area contributed by atoms with Gasteiger partial charge in [-0.25, -0.2) is 0 Å². The third-order valence-electron chi connectivity index (χ3n) is 8.54. The summed E-state index contributed by atoms with van der Waals surface area (Å²) in [4.78, 5) is 0. The highest BCUT2D eigenvalue weighted by molar-refractivity contribution is 5.56. The lowest BCUT2D eigenvalue weighted by Crippen LogP contribution is -2.26. The van der Waals surface area contributed by atoms with Crippen molar-refractivity contribution in [3.8, 4) is 23.0 Å². The van der Waals surface area contributed by atoms with Gasteiger partial charge in [0.25, 0.3) is 0 Å². The van der Waals surface area contributed by atoms with Crippen molar-refractivity contribution in [2.24, 2.45) is 0 Å². The number of phenols is 2. The van der Waals surface area contributed by atoms with Crippen molar-refractivity contribution in [2.45, 2.75) is 109 Å². The van der Waals surface area contributed by atoms with E-state index in [1.165, 1.54) is 38.5 Å². The predicted octanol–water partition coefficient (Wildman–Crippen LogP) is 7.93. The molecule has 0 aliphatic heterocycles. The summed E-state index contributed by atoms with van der Waals surface area (Å²) in [6.07, 6.45) is 12.0. The molecule has 2 N–H and O–H groups in total. The van der Waals surface area contributed by atoms with Crippen LogP contribution in [-0.4, -0.2) is 23.4 Å². The largest absolute Gasteiger partial charge is 0.507 e. The minimum absolute atomic E-state index is 0.0554. The number of aromatic hydroxyl groups is 2. The van der Waals surface area contributed by atoms with Gasteiger partial charge < -0.3 is 19.7 Å². The molecule has 2 saturated carbocycles. The summed E-state index contributed by atoms with van der Waals surface area (Å²) in [6, 6.07) is 7.98. The van der Waals surface area contributed by atoms with Crippen LogP contribution in [-0.2, 0) is 17.3 Å². The van der Waals surface area contributed by atoms with Crippen LogP contribution in [0.3, 0.4) is 0 Å². The van der Waals surface area contributed by atoms with Crippen LogP contribution in [0.5, 0.6) is 23.0 Å². The standard InChI is InChI=1S/C31H44O4/c1-5-34-24-18-22(28(32)26(20-24)30(3)13-9-7-10-14-30)17-23-19-25(35-6-2)21-27(29(23)33)31(4)15-11-8-12-16-31/h18-21,32-33H,5-17H2,1-4H3. The quantitative estimate of drug-likeness (QED) is 0.403. The average molecular weight is 481 g/mol. The summed E-state index contributed by atoms with van der Waals surface area (Å²) >= 11 is 0. The average Bonchev–Trinajstić information content (AvgIpc) is 2.84. The van der Waals surface area contributed by atoms with Gasteiger partial charge in [0.15, 0.2) is 0 Å². The second-order valence-corrected chi connectivity index (χ2v) is 11.2. The fourth-order valence-corrected chi connectivity index (χ4v) is 6.43. The number of ether oxygens (including phenoxy) is 2.